The van der Waals surface area contributed by atoms with Crippen LogP contribution in [0.3, 0.4) is 0 Å². The van der Waals surface area contributed by atoms with Crippen LogP contribution in [0, 0.1) is 0 Å². The van der Waals surface area contributed by atoms with Crippen LogP contribution in [0.1, 0.15) is 57.8 Å². The first-order chi connectivity index (χ1) is 15.7. The van der Waals surface area contributed by atoms with Gasteiger partial charge in [0.15, 0.2) is 0 Å². The van der Waals surface area contributed by atoms with E-state index in [4.69, 9.17) is 4.74 Å². The van der Waals surface area contributed by atoms with Crippen molar-refractivity contribution in [2.75, 3.05) is 13.7 Å². The fourth-order valence-corrected chi connectivity index (χ4v) is 5.23. The zero-order valence-electron chi connectivity index (χ0n) is 18.4. The summed E-state index contributed by atoms with van der Waals surface area (Å²) in [6.07, 6.45) is -1.95. The minimum absolute atomic E-state index is 0.0148. The van der Waals surface area contributed by atoms with Gasteiger partial charge in [0, 0.05) is 23.9 Å². The number of methoxy groups -OCH3 is 1. The van der Waals surface area contributed by atoms with Crippen molar-refractivity contribution in [1.82, 2.24) is 4.90 Å². The van der Waals surface area contributed by atoms with Crippen molar-refractivity contribution in [3.63, 3.8) is 0 Å². The third kappa shape index (κ3) is 6.80. The van der Waals surface area contributed by atoms with Crippen LogP contribution >= 0.6 is 11.3 Å². The number of hydrogen-bond donors (Lipinski definition) is 1. The average molecular weight is 484 g/mol. The molecule has 0 radical (unpaired) electrons. The molecule has 2 aromatic rings. The second-order valence-corrected chi connectivity index (χ2v) is 9.40. The first-order valence-electron chi connectivity index (χ1n) is 11.0. The highest BCUT2D eigenvalue weighted by molar-refractivity contribution is 7.13. The highest BCUT2D eigenvalue weighted by Gasteiger charge is 2.34. The number of benzene rings is 1. The number of alkyl halides is 3. The van der Waals surface area contributed by atoms with Crippen molar-refractivity contribution < 1.29 is 32.6 Å². The topological polar surface area (TPSA) is 66.8 Å². The summed E-state index contributed by atoms with van der Waals surface area (Å²) in [6, 6.07) is 8.90. The Morgan fingerprint density at radius 1 is 1.27 bits per heavy atom. The Bertz CT molecular complexity index is 959. The number of halogens is 3. The summed E-state index contributed by atoms with van der Waals surface area (Å²) in [7, 11) is 1.34. The number of hydrogen-bond acceptors (Lipinski definition) is 5. The second kappa shape index (κ2) is 11.2. The van der Waals surface area contributed by atoms with E-state index in [2.05, 4.69) is 0 Å². The highest BCUT2D eigenvalue weighted by atomic mass is 32.1. The molecule has 2 heterocycles. The monoisotopic (exact) mass is 483 g/mol. The molecule has 3 rings (SSSR count). The largest absolute Gasteiger partial charge is 0.465 e. The van der Waals surface area contributed by atoms with Crippen LogP contribution in [-0.4, -0.2) is 47.7 Å². The van der Waals surface area contributed by atoms with E-state index in [9.17, 15) is 27.9 Å². The summed E-state index contributed by atoms with van der Waals surface area (Å²) in [6.45, 7) is 0.571. The Labute approximate surface area is 195 Å². The first kappa shape index (κ1) is 25.2. The molecule has 1 unspecified atom stereocenters. The normalized spacial score (nSPS) is 17.4. The quantitative estimate of drug-likeness (QED) is 0.490. The predicted molar refractivity (Wildman–Crippen MR) is 119 cm³/mol. The van der Waals surface area contributed by atoms with E-state index in [1.807, 2.05) is 11.0 Å². The molecule has 0 bridgehead atoms. The molecule has 1 fully saturated rings. The summed E-state index contributed by atoms with van der Waals surface area (Å²) >= 11 is 1.38. The molecule has 1 N–H and O–H groups in total. The Morgan fingerprint density at radius 2 is 2.03 bits per heavy atom. The standard InChI is InChI=1S/C24H28F3NO4S/c1-32-23(31)21-12-11-19(33-21)6-4-14-28-17(9-13-22(28)30)8-10-18(29)15-16-5-2-3-7-20(16)24(25,26)27/h2-3,5,7,11-12,17-18,29H,4,6,8-10,13-15H2,1H3/t17-,18?/m0/s1. The van der Waals surface area contributed by atoms with E-state index in [1.165, 1.54) is 36.6 Å². The highest BCUT2D eigenvalue weighted by Crippen LogP contribution is 2.33. The van der Waals surface area contributed by atoms with Gasteiger partial charge in [-0.05, 0) is 62.3 Å². The minimum atomic E-state index is -4.45. The zero-order chi connectivity index (χ0) is 24.0. The van der Waals surface area contributed by atoms with Crippen molar-refractivity contribution in [2.24, 2.45) is 0 Å². The molecular weight excluding hydrogens is 455 g/mol. The van der Waals surface area contributed by atoms with Crippen molar-refractivity contribution in [3.05, 3.63) is 57.3 Å². The summed E-state index contributed by atoms with van der Waals surface area (Å²) in [5.74, 6) is -0.296. The Kier molecular flexibility index (Phi) is 8.53. The number of carbonyl (C=O) groups excluding carboxylic acids is 2. The van der Waals surface area contributed by atoms with Crippen LogP contribution < -0.4 is 0 Å². The number of nitrogens with zero attached hydrogens (tertiary/aromatic N) is 1. The predicted octanol–water partition coefficient (Wildman–Crippen LogP) is 4.86. The molecule has 1 aliphatic heterocycles. The maximum atomic E-state index is 13.2. The van der Waals surface area contributed by atoms with Gasteiger partial charge in [-0.3, -0.25) is 4.79 Å². The van der Waals surface area contributed by atoms with E-state index in [0.717, 1.165) is 23.8 Å². The Hall–Kier alpha value is -2.39. The molecule has 0 aliphatic carbocycles. The SMILES string of the molecule is COC(=O)c1ccc(CCCN2C(=O)CC[C@@H]2CCC(O)Cc2ccccc2C(F)(F)F)s1. The number of thiophene rings is 1. The van der Waals surface area contributed by atoms with E-state index in [-0.39, 0.29) is 29.9 Å². The summed E-state index contributed by atoms with van der Waals surface area (Å²) in [5, 5.41) is 10.4. The molecule has 1 aromatic carbocycles. The van der Waals surface area contributed by atoms with Gasteiger partial charge in [-0.1, -0.05) is 18.2 Å². The van der Waals surface area contributed by atoms with Gasteiger partial charge in [-0.25, -0.2) is 4.79 Å². The van der Waals surface area contributed by atoms with E-state index < -0.39 is 17.8 Å². The summed E-state index contributed by atoms with van der Waals surface area (Å²) in [4.78, 5) is 27.3. The van der Waals surface area contributed by atoms with Crippen molar-refractivity contribution in [3.8, 4) is 0 Å². The molecule has 180 valence electrons. The average Bonchev–Trinajstić information content (AvgIpc) is 3.38. The summed E-state index contributed by atoms with van der Waals surface area (Å²) < 4.78 is 44.2. The Morgan fingerprint density at radius 3 is 2.76 bits per heavy atom. The van der Waals surface area contributed by atoms with Gasteiger partial charge in [-0.2, -0.15) is 13.2 Å². The lowest BCUT2D eigenvalue weighted by Gasteiger charge is -2.26. The van der Waals surface area contributed by atoms with Gasteiger partial charge in [0.1, 0.15) is 4.88 Å². The molecule has 2 atom stereocenters. The number of rotatable bonds is 10. The van der Waals surface area contributed by atoms with Gasteiger partial charge in [0.2, 0.25) is 5.91 Å². The number of esters is 1. The molecule has 1 saturated heterocycles. The van der Waals surface area contributed by atoms with Gasteiger partial charge >= 0.3 is 12.1 Å². The molecule has 0 spiro atoms. The van der Waals surface area contributed by atoms with Crippen LogP contribution in [0.5, 0.6) is 0 Å². The lowest BCUT2D eigenvalue weighted by Crippen LogP contribution is -2.34. The molecule has 1 aliphatic rings. The third-order valence-electron chi connectivity index (χ3n) is 5.93. The van der Waals surface area contributed by atoms with E-state index >= 15 is 0 Å². The van der Waals surface area contributed by atoms with Crippen LogP contribution in [-0.2, 0) is 28.5 Å². The lowest BCUT2D eigenvalue weighted by atomic mass is 9.97. The lowest BCUT2D eigenvalue weighted by molar-refractivity contribution is -0.138. The van der Waals surface area contributed by atoms with Crippen LogP contribution in [0.2, 0.25) is 0 Å². The van der Waals surface area contributed by atoms with Crippen LogP contribution in [0.25, 0.3) is 0 Å². The fraction of sp³-hybridized carbons (Fsp3) is 0.500. The number of aliphatic hydroxyl groups excluding tert-OH is 1. The third-order valence-corrected chi connectivity index (χ3v) is 7.06. The van der Waals surface area contributed by atoms with Gasteiger partial charge in [0.05, 0.1) is 18.8 Å². The molecule has 5 nitrogen and oxygen atoms in total. The molecule has 0 saturated carbocycles. The van der Waals surface area contributed by atoms with Crippen molar-refractivity contribution in [1.29, 1.82) is 0 Å². The zero-order valence-corrected chi connectivity index (χ0v) is 19.3. The van der Waals surface area contributed by atoms with Crippen molar-refractivity contribution in [2.45, 2.75) is 63.3 Å². The van der Waals surface area contributed by atoms with E-state index in [0.29, 0.717) is 37.1 Å². The maximum absolute atomic E-state index is 13.2. The number of carbonyl (C=O) groups is 2. The Balaban J connectivity index is 1.49. The minimum Gasteiger partial charge on any atom is -0.465 e. The second-order valence-electron chi connectivity index (χ2n) is 8.23. The number of aliphatic hydroxyl groups is 1. The van der Waals surface area contributed by atoms with E-state index in [1.54, 1.807) is 6.07 Å². The van der Waals surface area contributed by atoms with Gasteiger partial charge in [0.25, 0.3) is 0 Å². The smallest absolute Gasteiger partial charge is 0.416 e. The van der Waals surface area contributed by atoms with Crippen LogP contribution in [0.4, 0.5) is 13.2 Å². The molecule has 1 aromatic heterocycles. The van der Waals surface area contributed by atoms with Gasteiger partial charge < -0.3 is 14.7 Å². The molecule has 1 amide bonds. The molecule has 9 heteroatoms. The first-order valence-corrected chi connectivity index (χ1v) is 11.8. The fourth-order valence-electron chi connectivity index (χ4n) is 4.26. The summed E-state index contributed by atoms with van der Waals surface area (Å²) in [5.41, 5.74) is -0.634. The van der Waals surface area contributed by atoms with Gasteiger partial charge in [-0.15, -0.1) is 11.3 Å². The van der Waals surface area contributed by atoms with Crippen molar-refractivity contribution >= 4 is 23.2 Å². The number of likely N-dealkylation sites (tertiary alicyclic amines) is 1. The maximum Gasteiger partial charge on any atom is 0.416 e. The number of amides is 1. The molecule has 33 heavy (non-hydrogen) atoms. The number of ether oxygens (including phenoxy) is 1. The van der Waals surface area contributed by atoms with Crippen LogP contribution in [0.15, 0.2) is 36.4 Å². The molecular formula is C24H28F3NO4S. The number of aryl methyl sites for hydroxylation is 1.